The van der Waals surface area contributed by atoms with Crippen LogP contribution in [0.25, 0.3) is 0 Å². The maximum absolute atomic E-state index is 10.2. The zero-order valence-electron chi connectivity index (χ0n) is 7.21. The van der Waals surface area contributed by atoms with Crippen molar-refractivity contribution in [3.63, 3.8) is 0 Å². The number of rotatable bonds is 7. The molecule has 70 valence electrons. The lowest BCUT2D eigenvalue weighted by atomic mass is 10.3. The fraction of sp³-hybridized carbons (Fsp3) is 0.625. The van der Waals surface area contributed by atoms with Gasteiger partial charge in [0.2, 0.25) is 0 Å². The minimum Gasteiger partial charge on any atom is -0.478 e. The quantitative estimate of drug-likeness (QED) is 0.455. The van der Waals surface area contributed by atoms with Gasteiger partial charge in [-0.25, -0.2) is 4.79 Å². The van der Waals surface area contributed by atoms with Gasteiger partial charge in [0.25, 0.3) is 0 Å². The molecular formula is C8H14O4. The van der Waals surface area contributed by atoms with Gasteiger partial charge < -0.3 is 14.6 Å². The third-order valence-corrected chi connectivity index (χ3v) is 1.15. The summed E-state index contributed by atoms with van der Waals surface area (Å²) in [7, 11) is 0. The standard InChI is InChI=1S/C8H14O4/c1-3-11-4-5-12-6-7(2)8(9)10/h2-6H2,1H3,(H,9,10). The summed E-state index contributed by atoms with van der Waals surface area (Å²) < 4.78 is 9.93. The zero-order chi connectivity index (χ0) is 9.40. The number of ether oxygens (including phenoxy) is 2. The molecule has 0 spiro atoms. The van der Waals surface area contributed by atoms with Gasteiger partial charge >= 0.3 is 5.97 Å². The lowest BCUT2D eigenvalue weighted by Crippen LogP contribution is -2.10. The highest BCUT2D eigenvalue weighted by Gasteiger charge is 2.02. The molecule has 0 aromatic carbocycles. The molecule has 0 saturated carbocycles. The molecule has 0 unspecified atom stereocenters. The van der Waals surface area contributed by atoms with E-state index in [9.17, 15) is 4.79 Å². The molecule has 0 rings (SSSR count). The average Bonchev–Trinajstić information content (AvgIpc) is 2.03. The minimum absolute atomic E-state index is 0.0579. The molecule has 4 heteroatoms. The fourth-order valence-corrected chi connectivity index (χ4v) is 0.519. The Balaban J connectivity index is 3.20. The second-order valence-electron chi connectivity index (χ2n) is 2.16. The molecule has 12 heavy (non-hydrogen) atoms. The summed E-state index contributed by atoms with van der Waals surface area (Å²) in [6.45, 7) is 6.78. The van der Waals surface area contributed by atoms with Gasteiger partial charge in [-0.05, 0) is 6.92 Å². The summed E-state index contributed by atoms with van der Waals surface area (Å²) in [5.41, 5.74) is 0.0616. The van der Waals surface area contributed by atoms with E-state index in [2.05, 4.69) is 6.58 Å². The van der Waals surface area contributed by atoms with Gasteiger partial charge in [-0.15, -0.1) is 0 Å². The maximum atomic E-state index is 10.2. The van der Waals surface area contributed by atoms with Crippen LogP contribution < -0.4 is 0 Å². The summed E-state index contributed by atoms with van der Waals surface area (Å²) in [6, 6.07) is 0. The minimum atomic E-state index is -1.02. The van der Waals surface area contributed by atoms with Crippen LogP contribution in [0.2, 0.25) is 0 Å². The maximum Gasteiger partial charge on any atom is 0.333 e. The van der Waals surface area contributed by atoms with Crippen molar-refractivity contribution in [1.29, 1.82) is 0 Å². The van der Waals surface area contributed by atoms with Crippen LogP contribution in [0.3, 0.4) is 0 Å². The molecule has 0 radical (unpaired) electrons. The molecule has 1 N–H and O–H groups in total. The Morgan fingerprint density at radius 1 is 1.42 bits per heavy atom. The van der Waals surface area contributed by atoms with Crippen LogP contribution in [0.1, 0.15) is 6.92 Å². The van der Waals surface area contributed by atoms with Crippen molar-refractivity contribution >= 4 is 5.97 Å². The Labute approximate surface area is 71.8 Å². The first-order valence-corrected chi connectivity index (χ1v) is 3.75. The average molecular weight is 174 g/mol. The molecule has 0 heterocycles. The Kier molecular flexibility index (Phi) is 6.32. The topological polar surface area (TPSA) is 55.8 Å². The number of aliphatic carboxylic acids is 1. The van der Waals surface area contributed by atoms with Gasteiger partial charge in [-0.1, -0.05) is 6.58 Å². The van der Waals surface area contributed by atoms with Gasteiger partial charge in [0.1, 0.15) is 0 Å². The Morgan fingerprint density at radius 2 is 2.00 bits per heavy atom. The summed E-state index contributed by atoms with van der Waals surface area (Å²) in [5, 5.41) is 8.37. The molecule has 0 aromatic rings. The van der Waals surface area contributed by atoms with Crippen LogP contribution in [-0.4, -0.2) is 37.5 Å². The van der Waals surface area contributed by atoms with Crippen LogP contribution in [-0.2, 0) is 14.3 Å². The molecule has 0 bridgehead atoms. The zero-order valence-corrected chi connectivity index (χ0v) is 7.21. The van der Waals surface area contributed by atoms with E-state index in [0.29, 0.717) is 19.8 Å². The van der Waals surface area contributed by atoms with Crippen molar-refractivity contribution < 1.29 is 19.4 Å². The lowest BCUT2D eigenvalue weighted by Gasteiger charge is -2.03. The van der Waals surface area contributed by atoms with Gasteiger partial charge in [0.15, 0.2) is 0 Å². The van der Waals surface area contributed by atoms with E-state index in [-0.39, 0.29) is 12.2 Å². The smallest absolute Gasteiger partial charge is 0.333 e. The summed E-state index contributed by atoms with van der Waals surface area (Å²) >= 11 is 0. The first kappa shape index (κ1) is 11.1. The monoisotopic (exact) mass is 174 g/mol. The van der Waals surface area contributed by atoms with E-state index in [4.69, 9.17) is 14.6 Å². The van der Waals surface area contributed by atoms with E-state index >= 15 is 0 Å². The highest BCUT2D eigenvalue weighted by molar-refractivity contribution is 5.85. The van der Waals surface area contributed by atoms with Crippen molar-refractivity contribution in [3.05, 3.63) is 12.2 Å². The second kappa shape index (κ2) is 6.82. The van der Waals surface area contributed by atoms with Crippen molar-refractivity contribution in [2.24, 2.45) is 0 Å². The van der Waals surface area contributed by atoms with E-state index in [1.807, 2.05) is 6.92 Å². The fourth-order valence-electron chi connectivity index (χ4n) is 0.519. The van der Waals surface area contributed by atoms with Gasteiger partial charge in [-0.3, -0.25) is 0 Å². The molecule has 0 aromatic heterocycles. The molecule has 0 aliphatic carbocycles. The lowest BCUT2D eigenvalue weighted by molar-refractivity contribution is -0.133. The predicted octanol–water partition coefficient (Wildman–Crippen LogP) is 0.680. The molecule has 0 amide bonds. The molecule has 0 saturated heterocycles. The van der Waals surface area contributed by atoms with Crippen LogP contribution >= 0.6 is 0 Å². The highest BCUT2D eigenvalue weighted by atomic mass is 16.5. The summed E-state index contributed by atoms with van der Waals surface area (Å²) in [4.78, 5) is 10.2. The first-order chi connectivity index (χ1) is 5.68. The van der Waals surface area contributed by atoms with E-state index in [1.54, 1.807) is 0 Å². The van der Waals surface area contributed by atoms with E-state index in [1.165, 1.54) is 0 Å². The third kappa shape index (κ3) is 5.88. The van der Waals surface area contributed by atoms with Crippen LogP contribution in [0.15, 0.2) is 12.2 Å². The predicted molar refractivity (Wildman–Crippen MR) is 44.1 cm³/mol. The van der Waals surface area contributed by atoms with Crippen LogP contribution in [0, 0.1) is 0 Å². The number of hydrogen-bond donors (Lipinski definition) is 1. The van der Waals surface area contributed by atoms with Crippen molar-refractivity contribution in [1.82, 2.24) is 0 Å². The number of carboxylic acids is 1. The summed E-state index contributed by atoms with van der Waals surface area (Å²) in [5.74, 6) is -1.02. The van der Waals surface area contributed by atoms with Gasteiger partial charge in [0.05, 0.1) is 25.4 Å². The molecular weight excluding hydrogens is 160 g/mol. The molecule has 4 nitrogen and oxygen atoms in total. The molecule has 0 fully saturated rings. The van der Waals surface area contributed by atoms with Crippen LogP contribution in [0.4, 0.5) is 0 Å². The number of carboxylic acid groups (broad SMARTS) is 1. The van der Waals surface area contributed by atoms with Crippen molar-refractivity contribution in [3.8, 4) is 0 Å². The third-order valence-electron chi connectivity index (χ3n) is 1.15. The van der Waals surface area contributed by atoms with E-state index in [0.717, 1.165) is 0 Å². The number of carbonyl (C=O) groups is 1. The summed E-state index contributed by atoms with van der Waals surface area (Å²) in [6.07, 6.45) is 0. The van der Waals surface area contributed by atoms with Gasteiger partial charge in [-0.2, -0.15) is 0 Å². The van der Waals surface area contributed by atoms with Crippen molar-refractivity contribution in [2.45, 2.75) is 6.92 Å². The SMILES string of the molecule is C=C(COCCOCC)C(=O)O. The van der Waals surface area contributed by atoms with Crippen LogP contribution in [0.5, 0.6) is 0 Å². The van der Waals surface area contributed by atoms with Gasteiger partial charge in [0, 0.05) is 6.61 Å². The highest BCUT2D eigenvalue weighted by Crippen LogP contribution is 1.90. The molecule has 0 aliphatic rings. The Bertz CT molecular complexity index is 153. The largest absolute Gasteiger partial charge is 0.478 e. The van der Waals surface area contributed by atoms with Crippen molar-refractivity contribution in [2.75, 3.05) is 26.4 Å². The second-order valence-corrected chi connectivity index (χ2v) is 2.16. The normalized spacial score (nSPS) is 9.75. The molecule has 0 atom stereocenters. The Hall–Kier alpha value is -0.870. The first-order valence-electron chi connectivity index (χ1n) is 3.75. The molecule has 0 aliphatic heterocycles. The van der Waals surface area contributed by atoms with E-state index < -0.39 is 5.97 Å². The Morgan fingerprint density at radius 3 is 2.50 bits per heavy atom. The number of hydrogen-bond acceptors (Lipinski definition) is 3.